The molecule has 64 valence electrons. The summed E-state index contributed by atoms with van der Waals surface area (Å²) >= 11 is 0. The number of hydrogen-bond donors (Lipinski definition) is 0. The second kappa shape index (κ2) is 7.98. The zero-order chi connectivity index (χ0) is 8.74. The predicted octanol–water partition coefficient (Wildman–Crippen LogP) is -0.417. The summed E-state index contributed by atoms with van der Waals surface area (Å²) in [6, 6.07) is 0. The monoisotopic (exact) mass is 200 g/mol. The molecule has 0 unspecified atom stereocenters. The Bertz CT molecular complexity index is 196. The molecule has 0 bridgehead atoms. The van der Waals surface area contributed by atoms with Gasteiger partial charge in [-0.05, 0) is 6.92 Å². The van der Waals surface area contributed by atoms with Gasteiger partial charge in [0, 0.05) is 0 Å². The normalized spacial score (nSPS) is 12.2. The van der Waals surface area contributed by atoms with Crippen molar-refractivity contribution in [3.8, 4) is 0 Å². The maximum Gasteiger partial charge on any atom is 2.00 e. The van der Waals surface area contributed by atoms with Crippen LogP contribution in [0, 0.1) is 0 Å². The minimum atomic E-state index is -4.79. The van der Waals surface area contributed by atoms with Gasteiger partial charge in [0.1, 0.15) is 0 Å². The molecule has 0 aliphatic rings. The summed E-state index contributed by atoms with van der Waals surface area (Å²) in [4.78, 5) is 19.7. The van der Waals surface area contributed by atoms with Crippen LogP contribution in [-0.4, -0.2) is 29.7 Å². The molecule has 0 radical (unpaired) electrons. The van der Waals surface area contributed by atoms with Crippen LogP contribution in [0.5, 0.6) is 0 Å². The average Bonchev–Trinajstić information content (AvgIpc) is 1.85. The van der Waals surface area contributed by atoms with Crippen molar-refractivity contribution in [2.24, 2.45) is 0 Å². The summed E-state index contributed by atoms with van der Waals surface area (Å²) in [6.07, 6.45) is 6.49. The van der Waals surface area contributed by atoms with Crippen LogP contribution in [0.25, 0.3) is 0 Å². The van der Waals surface area contributed by atoms with Crippen LogP contribution in [0.15, 0.2) is 24.3 Å². The van der Waals surface area contributed by atoms with Crippen LogP contribution in [0.2, 0.25) is 0 Å². The number of hydrogen-bond acceptors (Lipinski definition) is 4. The Kier molecular flexibility index (Phi) is 9.88. The molecular weight excluding hydrogens is 191 g/mol. The van der Waals surface area contributed by atoms with E-state index in [1.165, 1.54) is 6.08 Å². The second-order valence-electron chi connectivity index (χ2n) is 1.70. The van der Waals surface area contributed by atoms with Gasteiger partial charge in [-0.25, -0.2) is 0 Å². The van der Waals surface area contributed by atoms with Gasteiger partial charge in [-0.1, -0.05) is 24.3 Å². The number of rotatable bonds is 4. The van der Waals surface area contributed by atoms with E-state index in [2.05, 4.69) is 4.52 Å². The van der Waals surface area contributed by atoms with Gasteiger partial charge in [0.05, 0.1) is 14.4 Å². The first-order chi connectivity index (χ1) is 5.06. The van der Waals surface area contributed by atoms with Crippen LogP contribution in [0.3, 0.4) is 0 Å². The van der Waals surface area contributed by atoms with Crippen LogP contribution < -0.4 is 9.79 Å². The summed E-state index contributed by atoms with van der Waals surface area (Å²) in [5.41, 5.74) is 0. The van der Waals surface area contributed by atoms with E-state index >= 15 is 0 Å². The van der Waals surface area contributed by atoms with Crippen LogP contribution in [0.4, 0.5) is 0 Å². The molecule has 0 fully saturated rings. The van der Waals surface area contributed by atoms with Crippen molar-refractivity contribution in [3.05, 3.63) is 24.3 Å². The van der Waals surface area contributed by atoms with Crippen LogP contribution in [-0.2, 0) is 9.09 Å². The Hall–Kier alpha value is 0.356. The smallest absolute Gasteiger partial charge is 0.790 e. The van der Waals surface area contributed by atoms with Crippen molar-refractivity contribution >= 4 is 30.9 Å². The van der Waals surface area contributed by atoms with Crippen LogP contribution >= 0.6 is 7.82 Å². The zero-order valence-electron chi connectivity index (χ0n) is 6.80. The van der Waals surface area contributed by atoms with Gasteiger partial charge in [-0.15, -0.1) is 0 Å². The molecule has 0 aromatic heterocycles. The van der Waals surface area contributed by atoms with Crippen LogP contribution in [0.1, 0.15) is 6.92 Å². The maximum atomic E-state index is 9.86. The molecule has 0 saturated carbocycles. The maximum absolute atomic E-state index is 9.86. The zero-order valence-corrected chi connectivity index (χ0v) is 9.11. The molecular formula is C6H9MgO4P. The molecule has 0 aromatic carbocycles. The van der Waals surface area contributed by atoms with E-state index in [1.807, 2.05) is 6.92 Å². The minimum Gasteiger partial charge on any atom is -0.790 e. The third kappa shape index (κ3) is 13.0. The number of phosphoric acid groups is 1. The van der Waals surface area contributed by atoms with E-state index in [4.69, 9.17) is 0 Å². The van der Waals surface area contributed by atoms with Crippen molar-refractivity contribution in [2.45, 2.75) is 6.92 Å². The summed E-state index contributed by atoms with van der Waals surface area (Å²) in [6.45, 7) is 1.62. The predicted molar refractivity (Wildman–Crippen MR) is 43.3 cm³/mol. The van der Waals surface area contributed by atoms with Gasteiger partial charge in [0.2, 0.25) is 0 Å². The van der Waals surface area contributed by atoms with E-state index in [0.717, 1.165) is 0 Å². The number of allylic oxidation sites excluding steroid dienone is 3. The molecule has 0 heterocycles. The first-order valence-corrected chi connectivity index (χ1v) is 4.47. The van der Waals surface area contributed by atoms with E-state index in [-0.39, 0.29) is 29.7 Å². The molecule has 4 nitrogen and oxygen atoms in total. The fourth-order valence-corrected chi connectivity index (χ4v) is 0.648. The molecule has 0 rings (SSSR count). The first-order valence-electron chi connectivity index (χ1n) is 3.00. The van der Waals surface area contributed by atoms with Crippen molar-refractivity contribution < 1.29 is 18.9 Å². The van der Waals surface area contributed by atoms with Crippen molar-refractivity contribution in [3.63, 3.8) is 0 Å². The topological polar surface area (TPSA) is 72.4 Å². The Morgan fingerprint density at radius 2 is 2.00 bits per heavy atom. The molecule has 0 saturated heterocycles. The van der Waals surface area contributed by atoms with E-state index in [9.17, 15) is 14.4 Å². The fourth-order valence-electron chi connectivity index (χ4n) is 0.380. The standard InChI is InChI=1S/C6H11O4P.Mg/c1-2-3-4-5-6-10-11(7,8)9;/h2-5H,6H2,1H3,(H2,7,8,9);/q;+2/p-2/b3-2+,5-4+;. The first kappa shape index (κ1) is 14.9. The van der Waals surface area contributed by atoms with Gasteiger partial charge < -0.3 is 18.9 Å². The average molecular weight is 200 g/mol. The SMILES string of the molecule is C/C=C/C=C/COP(=O)([O-])[O-].[Mg+2]. The molecule has 0 amide bonds. The summed E-state index contributed by atoms with van der Waals surface area (Å²) in [7, 11) is -4.79. The third-order valence-corrected chi connectivity index (χ3v) is 1.23. The summed E-state index contributed by atoms with van der Waals surface area (Å²) in [5, 5.41) is 0. The fraction of sp³-hybridized carbons (Fsp3) is 0.333. The van der Waals surface area contributed by atoms with Gasteiger partial charge in [-0.2, -0.15) is 0 Å². The quantitative estimate of drug-likeness (QED) is 0.351. The Morgan fingerprint density at radius 3 is 2.42 bits per heavy atom. The number of phosphoric ester groups is 1. The Balaban J connectivity index is 0. The summed E-state index contributed by atoms with van der Waals surface area (Å²) in [5.74, 6) is 0. The molecule has 6 heteroatoms. The van der Waals surface area contributed by atoms with E-state index in [1.54, 1.807) is 18.2 Å². The van der Waals surface area contributed by atoms with Gasteiger partial charge in [0.15, 0.2) is 0 Å². The van der Waals surface area contributed by atoms with E-state index < -0.39 is 7.82 Å². The molecule has 0 spiro atoms. The largest absolute Gasteiger partial charge is 2.00 e. The van der Waals surface area contributed by atoms with Crippen molar-refractivity contribution in [1.29, 1.82) is 0 Å². The molecule has 0 aromatic rings. The van der Waals surface area contributed by atoms with Gasteiger partial charge in [0.25, 0.3) is 0 Å². The Morgan fingerprint density at radius 1 is 1.42 bits per heavy atom. The molecule has 0 N–H and O–H groups in total. The molecule has 12 heavy (non-hydrogen) atoms. The van der Waals surface area contributed by atoms with Crippen molar-refractivity contribution in [1.82, 2.24) is 0 Å². The second-order valence-corrected chi connectivity index (χ2v) is 2.85. The van der Waals surface area contributed by atoms with Gasteiger partial charge in [-0.3, -0.25) is 0 Å². The summed E-state index contributed by atoms with van der Waals surface area (Å²) < 4.78 is 13.8. The van der Waals surface area contributed by atoms with E-state index in [0.29, 0.717) is 0 Å². The molecule has 0 atom stereocenters. The minimum absolute atomic E-state index is 0. The molecule has 0 aliphatic carbocycles. The Labute approximate surface area is 87.7 Å². The van der Waals surface area contributed by atoms with Gasteiger partial charge >= 0.3 is 23.1 Å². The van der Waals surface area contributed by atoms with Crippen molar-refractivity contribution in [2.75, 3.05) is 6.61 Å². The molecule has 0 aliphatic heterocycles. The third-order valence-electron chi connectivity index (χ3n) is 0.769.